The van der Waals surface area contributed by atoms with Crippen LogP contribution in [0.15, 0.2) is 5.51 Å². The Bertz CT molecular complexity index is 624. The van der Waals surface area contributed by atoms with Crippen molar-refractivity contribution in [3.8, 4) is 17.2 Å². The van der Waals surface area contributed by atoms with Gasteiger partial charge < -0.3 is 15.3 Å². The third-order valence-corrected chi connectivity index (χ3v) is 5.17. The molecule has 0 aliphatic rings. The monoisotopic (exact) mass is 337 g/mol. The molecule has 4 nitrogen and oxygen atoms in total. The summed E-state index contributed by atoms with van der Waals surface area (Å²) in [6.45, 7) is 2.23. The second-order valence-corrected chi connectivity index (χ2v) is 6.99. The molecule has 2 rings (SSSR count). The first-order chi connectivity index (χ1) is 11.2. The number of benzene rings is 1. The van der Waals surface area contributed by atoms with Crippen LogP contribution < -0.4 is 0 Å². The van der Waals surface area contributed by atoms with E-state index in [1.54, 1.807) is 5.51 Å². The lowest BCUT2D eigenvalue weighted by Crippen LogP contribution is -1.90. The topological polar surface area (TPSA) is 73.6 Å². The van der Waals surface area contributed by atoms with E-state index >= 15 is 0 Å². The van der Waals surface area contributed by atoms with Crippen LogP contribution in [0.4, 0.5) is 0 Å². The normalized spacial score (nSPS) is 11.3. The molecule has 2 aromatic rings. The zero-order valence-corrected chi connectivity index (χ0v) is 14.7. The van der Waals surface area contributed by atoms with Gasteiger partial charge in [0.1, 0.15) is 16.0 Å². The number of phenols is 3. The fraction of sp³-hybridized carbons (Fsp3) is 0.611. The van der Waals surface area contributed by atoms with Gasteiger partial charge in [-0.25, -0.2) is 4.98 Å². The molecule has 0 atom stereocenters. The molecule has 0 saturated carbocycles. The van der Waals surface area contributed by atoms with Gasteiger partial charge in [-0.3, -0.25) is 0 Å². The largest absolute Gasteiger partial charge is 0.505 e. The standard InChI is InChI=1S/C18H27NO3S/c1-2-3-4-5-6-7-8-9-10-11-13-15(20)14-18(23-12-19-14)17(22)16(13)21/h12,20-22H,2-11H2,1H3. The lowest BCUT2D eigenvalue weighted by atomic mass is 10.0. The molecule has 0 saturated heterocycles. The summed E-state index contributed by atoms with van der Waals surface area (Å²) in [4.78, 5) is 4.07. The molecule has 0 amide bonds. The van der Waals surface area contributed by atoms with Gasteiger partial charge in [-0.2, -0.15) is 0 Å². The summed E-state index contributed by atoms with van der Waals surface area (Å²) in [5.74, 6) is -0.346. The summed E-state index contributed by atoms with van der Waals surface area (Å²) >= 11 is 1.21. The molecule has 0 fully saturated rings. The average molecular weight is 337 g/mol. The van der Waals surface area contributed by atoms with Gasteiger partial charge in [-0.15, -0.1) is 11.3 Å². The summed E-state index contributed by atoms with van der Waals surface area (Å²) in [6.07, 6.45) is 11.5. The Morgan fingerprint density at radius 1 is 0.826 bits per heavy atom. The Labute approximate surface area is 141 Å². The van der Waals surface area contributed by atoms with Crippen LogP contribution in [0.2, 0.25) is 0 Å². The molecule has 1 aromatic carbocycles. The number of rotatable bonds is 10. The third kappa shape index (κ3) is 4.50. The summed E-state index contributed by atoms with van der Waals surface area (Å²) in [5.41, 5.74) is 2.37. The van der Waals surface area contributed by atoms with Gasteiger partial charge in [0.05, 0.1) is 5.51 Å². The van der Waals surface area contributed by atoms with Crippen molar-refractivity contribution < 1.29 is 15.3 Å². The first-order valence-electron chi connectivity index (χ1n) is 8.65. The van der Waals surface area contributed by atoms with Gasteiger partial charge >= 0.3 is 0 Å². The molecular weight excluding hydrogens is 310 g/mol. The van der Waals surface area contributed by atoms with Crippen molar-refractivity contribution in [3.63, 3.8) is 0 Å². The van der Waals surface area contributed by atoms with Crippen LogP contribution in [0.25, 0.3) is 10.2 Å². The number of phenolic OH excluding ortho intramolecular Hbond substituents is 3. The molecule has 0 aliphatic carbocycles. The Hall–Kier alpha value is -1.49. The second-order valence-electron chi connectivity index (χ2n) is 6.13. The van der Waals surface area contributed by atoms with E-state index in [1.807, 2.05) is 0 Å². The van der Waals surface area contributed by atoms with Crippen molar-refractivity contribution >= 4 is 21.6 Å². The molecule has 0 aliphatic heterocycles. The molecule has 3 N–H and O–H groups in total. The molecule has 23 heavy (non-hydrogen) atoms. The number of fused-ring (bicyclic) bond motifs is 1. The molecule has 1 heterocycles. The van der Waals surface area contributed by atoms with Gasteiger partial charge in [-0.05, 0) is 12.8 Å². The Morgan fingerprint density at radius 3 is 2.09 bits per heavy atom. The van der Waals surface area contributed by atoms with E-state index in [-0.39, 0.29) is 17.2 Å². The molecule has 1 aromatic heterocycles. The Kier molecular flexibility index (Phi) is 6.96. The highest BCUT2D eigenvalue weighted by Crippen LogP contribution is 2.45. The third-order valence-electron chi connectivity index (χ3n) is 4.33. The number of nitrogens with zero attached hydrogens (tertiary/aromatic N) is 1. The zero-order valence-electron chi connectivity index (χ0n) is 13.8. The fourth-order valence-electron chi connectivity index (χ4n) is 2.94. The Balaban J connectivity index is 1.79. The van der Waals surface area contributed by atoms with Gasteiger partial charge in [0.15, 0.2) is 11.5 Å². The minimum atomic E-state index is -0.196. The molecule has 0 bridgehead atoms. The van der Waals surface area contributed by atoms with Crippen LogP contribution in [-0.4, -0.2) is 20.3 Å². The number of hydrogen-bond acceptors (Lipinski definition) is 5. The van der Waals surface area contributed by atoms with Crippen LogP contribution in [0.5, 0.6) is 17.2 Å². The van der Waals surface area contributed by atoms with E-state index < -0.39 is 0 Å². The number of aromatic nitrogens is 1. The second kappa shape index (κ2) is 8.96. The van der Waals surface area contributed by atoms with Crippen molar-refractivity contribution in [2.24, 2.45) is 0 Å². The van der Waals surface area contributed by atoms with E-state index in [9.17, 15) is 15.3 Å². The minimum absolute atomic E-state index is 0.0103. The highest BCUT2D eigenvalue weighted by molar-refractivity contribution is 7.17. The maximum atomic E-state index is 10.2. The van der Waals surface area contributed by atoms with Crippen molar-refractivity contribution in [2.75, 3.05) is 0 Å². The average Bonchev–Trinajstić information content (AvgIpc) is 3.04. The first kappa shape index (κ1) is 17.9. The predicted octanol–water partition coefficient (Wildman–Crippen LogP) is 5.49. The van der Waals surface area contributed by atoms with E-state index in [1.165, 1.54) is 56.3 Å². The molecule has 0 spiro atoms. The minimum Gasteiger partial charge on any atom is -0.505 e. The Morgan fingerprint density at radius 2 is 1.43 bits per heavy atom. The first-order valence-corrected chi connectivity index (χ1v) is 9.53. The van der Waals surface area contributed by atoms with Crippen molar-refractivity contribution in [1.29, 1.82) is 0 Å². The number of hydrogen-bond donors (Lipinski definition) is 3. The van der Waals surface area contributed by atoms with Crippen molar-refractivity contribution in [1.82, 2.24) is 4.98 Å². The molecule has 5 heteroatoms. The number of thiazole rings is 1. The lowest BCUT2D eigenvalue weighted by Gasteiger charge is -2.10. The van der Waals surface area contributed by atoms with Gasteiger partial charge in [-0.1, -0.05) is 58.3 Å². The maximum absolute atomic E-state index is 10.2. The van der Waals surface area contributed by atoms with E-state index in [0.29, 0.717) is 22.2 Å². The highest BCUT2D eigenvalue weighted by atomic mass is 32.1. The number of aromatic hydroxyl groups is 3. The van der Waals surface area contributed by atoms with Crippen LogP contribution in [0.1, 0.15) is 70.3 Å². The molecule has 0 unspecified atom stereocenters. The molecule has 128 valence electrons. The quantitative estimate of drug-likeness (QED) is 0.304. The highest BCUT2D eigenvalue weighted by Gasteiger charge is 2.19. The van der Waals surface area contributed by atoms with Gasteiger partial charge in [0.25, 0.3) is 0 Å². The van der Waals surface area contributed by atoms with Crippen LogP contribution in [-0.2, 0) is 6.42 Å². The van der Waals surface area contributed by atoms with E-state index in [0.717, 1.165) is 12.8 Å². The summed E-state index contributed by atoms with van der Waals surface area (Å²) in [6, 6.07) is 0. The fourth-order valence-corrected chi connectivity index (χ4v) is 3.67. The lowest BCUT2D eigenvalue weighted by molar-refractivity contribution is 0.394. The van der Waals surface area contributed by atoms with Crippen LogP contribution in [0.3, 0.4) is 0 Å². The SMILES string of the molecule is CCCCCCCCCCCc1c(O)c(O)c2scnc2c1O. The van der Waals surface area contributed by atoms with Crippen LogP contribution >= 0.6 is 11.3 Å². The van der Waals surface area contributed by atoms with Crippen LogP contribution in [0, 0.1) is 0 Å². The van der Waals surface area contributed by atoms with Gasteiger partial charge in [0.2, 0.25) is 0 Å². The number of unbranched alkanes of at least 4 members (excludes halogenated alkanes) is 8. The van der Waals surface area contributed by atoms with Crippen molar-refractivity contribution in [2.45, 2.75) is 71.1 Å². The van der Waals surface area contributed by atoms with E-state index in [2.05, 4.69) is 11.9 Å². The van der Waals surface area contributed by atoms with Gasteiger partial charge in [0, 0.05) is 5.56 Å². The summed E-state index contributed by atoms with van der Waals surface area (Å²) in [5, 5.41) is 30.3. The maximum Gasteiger partial charge on any atom is 0.177 e. The summed E-state index contributed by atoms with van der Waals surface area (Å²) < 4.78 is 0.441. The smallest absolute Gasteiger partial charge is 0.177 e. The van der Waals surface area contributed by atoms with Crippen molar-refractivity contribution in [3.05, 3.63) is 11.1 Å². The molecule has 0 radical (unpaired) electrons. The zero-order chi connectivity index (χ0) is 16.7. The summed E-state index contributed by atoms with van der Waals surface area (Å²) in [7, 11) is 0. The molecular formula is C18H27NO3S. The van der Waals surface area contributed by atoms with E-state index in [4.69, 9.17) is 0 Å². The predicted molar refractivity (Wildman–Crippen MR) is 95.5 cm³/mol.